The van der Waals surface area contributed by atoms with Crippen molar-refractivity contribution in [3.63, 3.8) is 0 Å². The van der Waals surface area contributed by atoms with Crippen molar-refractivity contribution in [2.24, 2.45) is 0 Å². The highest BCUT2D eigenvalue weighted by atomic mass is 32.2. The van der Waals surface area contributed by atoms with Crippen molar-refractivity contribution in [3.05, 3.63) is 88.2 Å². The lowest BCUT2D eigenvalue weighted by atomic mass is 10.0. The quantitative estimate of drug-likeness (QED) is 0.474. The second-order valence-corrected chi connectivity index (χ2v) is 8.29. The van der Waals surface area contributed by atoms with Crippen molar-refractivity contribution >= 4 is 40.5 Å². The maximum absolute atomic E-state index is 13.6. The summed E-state index contributed by atoms with van der Waals surface area (Å²) in [5, 5.41) is 0.533. The van der Waals surface area contributed by atoms with E-state index in [1.807, 2.05) is 54.8 Å². The molecule has 4 rings (SSSR count). The summed E-state index contributed by atoms with van der Waals surface area (Å²) >= 11 is 1.69. The monoisotopic (exact) mass is 462 g/mol. The highest BCUT2D eigenvalue weighted by molar-refractivity contribution is 7.98. The van der Waals surface area contributed by atoms with Crippen LogP contribution in [0.4, 0.5) is 0 Å². The molecule has 7 heteroatoms. The van der Waals surface area contributed by atoms with E-state index in [0.717, 1.165) is 5.56 Å². The maximum atomic E-state index is 13.6. The third-order valence-electron chi connectivity index (χ3n) is 5.61. The van der Waals surface area contributed by atoms with Crippen LogP contribution in [-0.2, 0) is 14.2 Å². The Morgan fingerprint density at radius 2 is 1.67 bits per heavy atom. The zero-order valence-corrected chi connectivity index (χ0v) is 19.8. The summed E-state index contributed by atoms with van der Waals surface area (Å²) < 4.78 is 18.5. The molecular formula is C26H26N2O4S. The van der Waals surface area contributed by atoms with Crippen molar-refractivity contribution in [2.45, 2.75) is 17.1 Å². The molecule has 33 heavy (non-hydrogen) atoms. The van der Waals surface area contributed by atoms with Gasteiger partial charge in [-0.2, -0.15) is 0 Å². The lowest BCUT2D eigenvalue weighted by Crippen LogP contribution is -2.40. The highest BCUT2D eigenvalue weighted by Gasteiger charge is 2.34. The van der Waals surface area contributed by atoms with Gasteiger partial charge in [0.2, 0.25) is 0 Å². The Kier molecular flexibility index (Phi) is 7.13. The van der Waals surface area contributed by atoms with E-state index in [1.165, 1.54) is 4.90 Å². The molecule has 0 aliphatic heterocycles. The first-order valence-corrected chi connectivity index (χ1v) is 11.7. The smallest absolute Gasteiger partial charge is 0.266 e. The number of para-hydroxylation sites is 1. The minimum absolute atomic E-state index is 0.171. The Balaban J connectivity index is 1.90. The Morgan fingerprint density at radius 3 is 2.33 bits per heavy atom. The van der Waals surface area contributed by atoms with Crippen molar-refractivity contribution in [1.82, 2.24) is 9.55 Å². The van der Waals surface area contributed by atoms with E-state index in [1.54, 1.807) is 49.8 Å². The van der Waals surface area contributed by atoms with E-state index in [2.05, 4.69) is 12.1 Å². The summed E-state index contributed by atoms with van der Waals surface area (Å²) in [6, 6.07) is 15.5. The molecule has 2 unspecified atom stereocenters. The summed E-state index contributed by atoms with van der Waals surface area (Å²) in [5.41, 5.74) is 2.11. The summed E-state index contributed by atoms with van der Waals surface area (Å²) in [6.07, 6.45) is 8.43. The van der Waals surface area contributed by atoms with Gasteiger partial charge in [-0.05, 0) is 54.3 Å². The van der Waals surface area contributed by atoms with Crippen molar-refractivity contribution < 1.29 is 14.2 Å². The van der Waals surface area contributed by atoms with E-state index in [0.29, 0.717) is 28.2 Å². The van der Waals surface area contributed by atoms with Gasteiger partial charge in [0.1, 0.15) is 23.8 Å². The Bertz CT molecular complexity index is 1290. The number of ether oxygens (including phenoxy) is 3. The van der Waals surface area contributed by atoms with Gasteiger partial charge in [0.15, 0.2) is 0 Å². The minimum Gasteiger partial charge on any atom is -0.498 e. The zero-order chi connectivity index (χ0) is 23.4. The molecule has 0 N–H and O–H groups in total. The molecule has 2 aromatic carbocycles. The second-order valence-electron chi connectivity index (χ2n) is 7.41. The van der Waals surface area contributed by atoms with Gasteiger partial charge in [0, 0.05) is 19.1 Å². The number of nitrogens with zero attached hydrogens (tertiary/aromatic N) is 2. The van der Waals surface area contributed by atoms with Crippen LogP contribution in [0.5, 0.6) is 0 Å². The number of benzene rings is 2. The Morgan fingerprint density at radius 1 is 0.939 bits per heavy atom. The van der Waals surface area contributed by atoms with Crippen LogP contribution in [0, 0.1) is 0 Å². The molecule has 0 fully saturated rings. The lowest BCUT2D eigenvalue weighted by Gasteiger charge is -2.31. The molecule has 0 saturated heterocycles. The van der Waals surface area contributed by atoms with Crippen LogP contribution in [0.15, 0.2) is 76.1 Å². The summed E-state index contributed by atoms with van der Waals surface area (Å²) in [5.74, 6) is 1.13. The largest absolute Gasteiger partial charge is 0.498 e. The molecule has 1 aliphatic rings. The van der Waals surface area contributed by atoms with Gasteiger partial charge in [0.25, 0.3) is 5.56 Å². The molecule has 6 nitrogen and oxygen atoms in total. The third kappa shape index (κ3) is 4.53. The van der Waals surface area contributed by atoms with Gasteiger partial charge in [-0.15, -0.1) is 11.8 Å². The predicted octanol–water partition coefficient (Wildman–Crippen LogP) is 4.70. The lowest BCUT2D eigenvalue weighted by molar-refractivity contribution is -0.0159. The number of hydrogen-bond acceptors (Lipinski definition) is 6. The Hall–Kier alpha value is -3.13. The summed E-state index contributed by atoms with van der Waals surface area (Å²) in [7, 11) is 4.77. The molecule has 3 aromatic rings. The fraction of sp³-hybridized carbons (Fsp3) is 0.231. The number of hydrogen-bond donors (Lipinski definition) is 0. The van der Waals surface area contributed by atoms with Crippen LogP contribution < -0.4 is 5.56 Å². The van der Waals surface area contributed by atoms with Crippen molar-refractivity contribution in [2.75, 3.05) is 27.6 Å². The van der Waals surface area contributed by atoms with E-state index in [-0.39, 0.29) is 5.56 Å². The molecule has 1 aliphatic carbocycles. The van der Waals surface area contributed by atoms with Gasteiger partial charge >= 0.3 is 0 Å². The van der Waals surface area contributed by atoms with Crippen LogP contribution in [0.2, 0.25) is 0 Å². The highest BCUT2D eigenvalue weighted by Crippen LogP contribution is 2.29. The minimum atomic E-state index is -0.552. The van der Waals surface area contributed by atoms with E-state index in [4.69, 9.17) is 19.2 Å². The fourth-order valence-corrected chi connectivity index (χ4v) is 4.34. The van der Waals surface area contributed by atoms with Gasteiger partial charge in [-0.3, -0.25) is 9.36 Å². The van der Waals surface area contributed by atoms with E-state index in [9.17, 15) is 4.79 Å². The molecule has 0 bridgehead atoms. The molecule has 0 amide bonds. The topological polar surface area (TPSA) is 62.6 Å². The van der Waals surface area contributed by atoms with Gasteiger partial charge in [-0.1, -0.05) is 30.3 Å². The standard InChI is InChI=1S/C26H26N2O4S/c1-30-22-15-14-21(24(31-2)25(22)32-3)28-23(16-11-17-9-12-18(33-4)13-10-17)27-20-8-6-5-7-19(20)26(28)29/h5-16,24-25H,1-4H3/b16-11+. The summed E-state index contributed by atoms with van der Waals surface area (Å²) in [4.78, 5) is 19.6. The number of aromatic nitrogens is 2. The fourth-order valence-electron chi connectivity index (χ4n) is 3.93. The molecule has 1 heterocycles. The summed E-state index contributed by atoms with van der Waals surface area (Å²) in [6.45, 7) is 0. The molecule has 0 saturated carbocycles. The second kappa shape index (κ2) is 10.2. The average molecular weight is 463 g/mol. The van der Waals surface area contributed by atoms with Crippen LogP contribution in [0.3, 0.4) is 0 Å². The Labute approximate surface area is 197 Å². The third-order valence-corrected chi connectivity index (χ3v) is 6.35. The molecule has 170 valence electrons. The normalized spacial score (nSPS) is 18.4. The number of rotatable bonds is 7. The number of allylic oxidation sites excluding steroid dienone is 2. The number of thioether (sulfide) groups is 1. The van der Waals surface area contributed by atoms with Gasteiger partial charge < -0.3 is 14.2 Å². The zero-order valence-electron chi connectivity index (χ0n) is 19.0. The SMILES string of the molecule is COC1=CC=C(n2c(/C=C/c3ccc(SC)cc3)nc3ccccc3c2=O)C(OC)C1OC. The van der Waals surface area contributed by atoms with Crippen LogP contribution in [-0.4, -0.2) is 49.3 Å². The predicted molar refractivity (Wildman–Crippen MR) is 134 cm³/mol. The van der Waals surface area contributed by atoms with Crippen molar-refractivity contribution in [3.8, 4) is 0 Å². The molecule has 2 atom stereocenters. The van der Waals surface area contributed by atoms with E-state index >= 15 is 0 Å². The van der Waals surface area contributed by atoms with Crippen LogP contribution in [0.1, 0.15) is 11.4 Å². The van der Waals surface area contributed by atoms with E-state index < -0.39 is 12.2 Å². The average Bonchev–Trinajstić information content (AvgIpc) is 2.87. The first-order chi connectivity index (χ1) is 16.1. The molecule has 1 aromatic heterocycles. The van der Waals surface area contributed by atoms with Gasteiger partial charge in [0.05, 0.1) is 23.7 Å². The molecular weight excluding hydrogens is 436 g/mol. The van der Waals surface area contributed by atoms with Crippen LogP contribution in [0.25, 0.3) is 28.8 Å². The first-order valence-electron chi connectivity index (χ1n) is 10.5. The van der Waals surface area contributed by atoms with Gasteiger partial charge in [-0.25, -0.2) is 4.98 Å². The first kappa shape index (κ1) is 23.0. The number of fused-ring (bicyclic) bond motifs is 1. The van der Waals surface area contributed by atoms with Crippen molar-refractivity contribution in [1.29, 1.82) is 0 Å². The van der Waals surface area contributed by atoms with Crippen LogP contribution >= 0.6 is 11.8 Å². The molecule has 0 radical (unpaired) electrons. The number of methoxy groups -OCH3 is 3. The maximum Gasteiger partial charge on any atom is 0.266 e. The molecule has 0 spiro atoms.